The van der Waals surface area contributed by atoms with Crippen LogP contribution in [0.2, 0.25) is 0 Å². The van der Waals surface area contributed by atoms with E-state index in [0.717, 1.165) is 0 Å². The molecule has 9 nitrogen and oxygen atoms in total. The minimum Gasteiger partial charge on any atom is -0.451 e. The molecule has 1 unspecified atom stereocenters. The first-order chi connectivity index (χ1) is 9.85. The minimum absolute atomic E-state index is 0.0471. The lowest BCUT2D eigenvalue weighted by Gasteiger charge is -2.13. The predicted octanol–water partition coefficient (Wildman–Crippen LogP) is -1.90. The molecule has 1 atom stereocenters. The maximum absolute atomic E-state index is 11.6. The Morgan fingerprint density at radius 2 is 2.14 bits per heavy atom. The summed E-state index contributed by atoms with van der Waals surface area (Å²) in [4.78, 5) is 34.0. The summed E-state index contributed by atoms with van der Waals surface area (Å²) >= 11 is 0. The minimum atomic E-state index is -3.08. The molecule has 0 aromatic heterocycles. The van der Waals surface area contributed by atoms with E-state index >= 15 is 0 Å². The van der Waals surface area contributed by atoms with Crippen LogP contribution < -0.4 is 10.7 Å². The third-order valence-corrected chi connectivity index (χ3v) is 4.84. The van der Waals surface area contributed by atoms with E-state index in [-0.39, 0.29) is 36.0 Å². The molecule has 2 aliphatic heterocycles. The largest absolute Gasteiger partial charge is 0.451 e. The second kappa shape index (κ2) is 6.20. The molecular formula is C11H15N3O6S. The summed E-state index contributed by atoms with van der Waals surface area (Å²) in [6.45, 7) is -0.512. The molecular weight excluding hydrogens is 302 g/mol. The summed E-state index contributed by atoms with van der Waals surface area (Å²) in [6.07, 6.45) is 0.661. The number of hydrogen-bond acceptors (Lipinski definition) is 7. The Balaban J connectivity index is 1.74. The number of hydrogen-bond donors (Lipinski definition) is 2. The van der Waals surface area contributed by atoms with Gasteiger partial charge in [-0.2, -0.15) is 5.10 Å². The Morgan fingerprint density at radius 3 is 2.71 bits per heavy atom. The number of carbonyl (C=O) groups is 3. The average Bonchev–Trinajstić information content (AvgIpc) is 2.76. The fourth-order valence-electron chi connectivity index (χ4n) is 2.01. The lowest BCUT2D eigenvalue weighted by atomic mass is 10.2. The quantitative estimate of drug-likeness (QED) is 0.582. The van der Waals surface area contributed by atoms with Crippen molar-refractivity contribution < 1.29 is 27.5 Å². The Morgan fingerprint density at radius 1 is 1.38 bits per heavy atom. The number of ether oxygens (including phenoxy) is 1. The van der Waals surface area contributed by atoms with Gasteiger partial charge in [0.25, 0.3) is 5.91 Å². The van der Waals surface area contributed by atoms with E-state index in [0.29, 0.717) is 6.42 Å². The van der Waals surface area contributed by atoms with Crippen molar-refractivity contribution in [3.8, 4) is 0 Å². The monoisotopic (exact) mass is 317 g/mol. The summed E-state index contributed by atoms with van der Waals surface area (Å²) in [5.41, 5.74) is 2.20. The van der Waals surface area contributed by atoms with Gasteiger partial charge in [0.1, 0.15) is 5.71 Å². The fourth-order valence-corrected chi connectivity index (χ4v) is 3.69. The number of nitrogens with zero attached hydrogens (tertiary/aromatic N) is 1. The van der Waals surface area contributed by atoms with Gasteiger partial charge in [0.05, 0.1) is 11.5 Å². The van der Waals surface area contributed by atoms with Crippen LogP contribution in [0.3, 0.4) is 0 Å². The smallest absolute Gasteiger partial charge is 0.355 e. The molecule has 0 aliphatic carbocycles. The normalized spacial score (nSPS) is 23.9. The van der Waals surface area contributed by atoms with Crippen LogP contribution >= 0.6 is 0 Å². The van der Waals surface area contributed by atoms with E-state index in [4.69, 9.17) is 4.74 Å². The molecule has 0 spiro atoms. The molecule has 0 radical (unpaired) electrons. The first-order valence-corrected chi connectivity index (χ1v) is 8.20. The first-order valence-electron chi connectivity index (χ1n) is 6.38. The standard InChI is InChI=1S/C11H15N3O6S/c15-9-2-1-8(13-14-9)11(17)20-5-10(16)12-7-3-4-21(18,19)6-7/h7H,1-6H2,(H,12,16)(H,14,15). The fraction of sp³-hybridized carbons (Fsp3) is 0.636. The van der Waals surface area contributed by atoms with Crippen LogP contribution in [-0.2, 0) is 29.0 Å². The van der Waals surface area contributed by atoms with Crippen molar-refractivity contribution in [1.29, 1.82) is 0 Å². The third kappa shape index (κ3) is 4.52. The topological polar surface area (TPSA) is 131 Å². The zero-order valence-electron chi connectivity index (χ0n) is 11.1. The van der Waals surface area contributed by atoms with Gasteiger partial charge in [0, 0.05) is 18.9 Å². The first kappa shape index (κ1) is 15.4. The predicted molar refractivity (Wildman–Crippen MR) is 71.0 cm³/mol. The summed E-state index contributed by atoms with van der Waals surface area (Å²) in [7, 11) is -3.08. The highest BCUT2D eigenvalue weighted by molar-refractivity contribution is 7.91. The number of rotatable bonds is 4. The molecule has 0 saturated carbocycles. The molecule has 2 amide bonds. The Hall–Kier alpha value is -1.97. The van der Waals surface area contributed by atoms with Crippen molar-refractivity contribution in [2.75, 3.05) is 18.1 Å². The number of carbonyl (C=O) groups excluding carboxylic acids is 3. The molecule has 2 heterocycles. The summed E-state index contributed by atoms with van der Waals surface area (Å²) in [6, 6.07) is -0.437. The number of sulfone groups is 1. The average molecular weight is 317 g/mol. The van der Waals surface area contributed by atoms with E-state index < -0.39 is 34.4 Å². The number of amides is 2. The molecule has 116 valence electrons. The zero-order valence-corrected chi connectivity index (χ0v) is 11.9. The lowest BCUT2D eigenvalue weighted by molar-refractivity contribution is -0.142. The Bertz CT molecular complexity index is 597. The number of hydrazone groups is 1. The van der Waals surface area contributed by atoms with E-state index in [1.807, 2.05) is 0 Å². The molecule has 0 aromatic carbocycles. The van der Waals surface area contributed by atoms with Crippen LogP contribution in [0.5, 0.6) is 0 Å². The molecule has 2 N–H and O–H groups in total. The van der Waals surface area contributed by atoms with Crippen LogP contribution in [0.1, 0.15) is 19.3 Å². The van der Waals surface area contributed by atoms with Gasteiger partial charge in [-0.25, -0.2) is 18.6 Å². The second-order valence-electron chi connectivity index (χ2n) is 4.84. The van der Waals surface area contributed by atoms with Gasteiger partial charge in [0.2, 0.25) is 5.91 Å². The van der Waals surface area contributed by atoms with Crippen LogP contribution in [0, 0.1) is 0 Å². The highest BCUT2D eigenvalue weighted by Crippen LogP contribution is 2.11. The van der Waals surface area contributed by atoms with Crippen molar-refractivity contribution >= 4 is 33.3 Å². The molecule has 21 heavy (non-hydrogen) atoms. The van der Waals surface area contributed by atoms with Gasteiger partial charge in [-0.1, -0.05) is 0 Å². The highest BCUT2D eigenvalue weighted by atomic mass is 32.2. The van der Waals surface area contributed by atoms with Crippen molar-refractivity contribution in [3.63, 3.8) is 0 Å². The van der Waals surface area contributed by atoms with Crippen molar-refractivity contribution in [2.24, 2.45) is 5.10 Å². The number of nitrogens with one attached hydrogen (secondary N) is 2. The Labute approximate surface area is 121 Å². The van der Waals surface area contributed by atoms with Gasteiger partial charge in [-0.05, 0) is 6.42 Å². The molecule has 2 rings (SSSR count). The maximum Gasteiger partial charge on any atom is 0.355 e. The van der Waals surface area contributed by atoms with Crippen molar-refractivity contribution in [3.05, 3.63) is 0 Å². The van der Waals surface area contributed by atoms with E-state index in [2.05, 4.69) is 15.8 Å². The van der Waals surface area contributed by atoms with E-state index in [1.165, 1.54) is 0 Å². The summed E-state index contributed by atoms with van der Waals surface area (Å²) < 4.78 is 27.2. The number of esters is 1. The van der Waals surface area contributed by atoms with Crippen LogP contribution in [0.25, 0.3) is 0 Å². The third-order valence-electron chi connectivity index (χ3n) is 3.07. The highest BCUT2D eigenvalue weighted by Gasteiger charge is 2.29. The molecule has 10 heteroatoms. The summed E-state index contributed by atoms with van der Waals surface area (Å²) in [5, 5.41) is 6.04. The molecule has 0 aromatic rings. The van der Waals surface area contributed by atoms with Gasteiger partial charge in [-0.15, -0.1) is 0 Å². The summed E-state index contributed by atoms with van der Waals surface area (Å²) in [5.74, 6) is -1.67. The zero-order chi connectivity index (χ0) is 15.5. The molecule has 1 saturated heterocycles. The second-order valence-corrected chi connectivity index (χ2v) is 7.07. The Kier molecular flexibility index (Phi) is 4.56. The van der Waals surface area contributed by atoms with E-state index in [9.17, 15) is 22.8 Å². The van der Waals surface area contributed by atoms with Crippen molar-refractivity contribution in [1.82, 2.24) is 10.7 Å². The van der Waals surface area contributed by atoms with Crippen LogP contribution in [-0.4, -0.2) is 56.1 Å². The van der Waals surface area contributed by atoms with Crippen molar-refractivity contribution in [2.45, 2.75) is 25.3 Å². The molecule has 2 aliphatic rings. The van der Waals surface area contributed by atoms with Gasteiger partial charge < -0.3 is 10.1 Å². The van der Waals surface area contributed by atoms with Gasteiger partial charge in [0.15, 0.2) is 16.4 Å². The molecule has 1 fully saturated rings. The van der Waals surface area contributed by atoms with Crippen LogP contribution in [0.15, 0.2) is 5.10 Å². The van der Waals surface area contributed by atoms with E-state index in [1.54, 1.807) is 0 Å². The lowest BCUT2D eigenvalue weighted by Crippen LogP contribution is -2.39. The maximum atomic E-state index is 11.6. The van der Waals surface area contributed by atoms with Crippen LogP contribution in [0.4, 0.5) is 0 Å². The van der Waals surface area contributed by atoms with Gasteiger partial charge in [-0.3, -0.25) is 9.59 Å². The SMILES string of the molecule is O=C1CCC(C(=O)OCC(=O)NC2CCS(=O)(=O)C2)=NN1. The molecule has 0 bridgehead atoms. The van der Waals surface area contributed by atoms with Gasteiger partial charge >= 0.3 is 5.97 Å².